The quantitative estimate of drug-likeness (QED) is 0.617. The van der Waals surface area contributed by atoms with Crippen LogP contribution in [0.1, 0.15) is 79.6 Å². The van der Waals surface area contributed by atoms with E-state index in [2.05, 4.69) is 11.8 Å². The Morgan fingerprint density at radius 1 is 0.882 bits per heavy atom. The average molecular weight is 241 g/mol. The first-order valence-electron chi connectivity index (χ1n) is 8.14. The third kappa shape index (κ3) is 5.90. The van der Waals surface area contributed by atoms with E-state index in [-0.39, 0.29) is 0 Å². The van der Waals surface area contributed by atoms with Crippen LogP contribution in [0.2, 0.25) is 0 Å². The van der Waals surface area contributed by atoms with Crippen molar-refractivity contribution < 1.29 is 0 Å². The lowest BCUT2D eigenvalue weighted by Gasteiger charge is -2.35. The Hall–Kier alpha value is -0.0400. The predicted molar refractivity (Wildman–Crippen MR) is 79.5 cm³/mol. The van der Waals surface area contributed by atoms with Gasteiger partial charge < -0.3 is 4.90 Å². The summed E-state index contributed by atoms with van der Waals surface area (Å²) in [6.45, 7) is 13.2. The number of hydrogen-bond acceptors (Lipinski definition) is 1. The molecule has 0 aromatic heterocycles. The molecule has 2 unspecified atom stereocenters. The van der Waals surface area contributed by atoms with Crippen molar-refractivity contribution >= 4 is 0 Å². The van der Waals surface area contributed by atoms with Crippen LogP contribution in [0.5, 0.6) is 0 Å². The summed E-state index contributed by atoms with van der Waals surface area (Å²) in [5.74, 6) is 1.00. The van der Waals surface area contributed by atoms with Crippen molar-refractivity contribution in [2.75, 3.05) is 13.1 Å². The molecule has 0 N–H and O–H groups in total. The van der Waals surface area contributed by atoms with E-state index in [0.717, 1.165) is 12.0 Å². The first-order valence-corrected chi connectivity index (χ1v) is 8.14. The van der Waals surface area contributed by atoms with E-state index in [0.29, 0.717) is 0 Å². The Labute approximate surface area is 110 Å². The van der Waals surface area contributed by atoms with Gasteiger partial charge in [0.2, 0.25) is 0 Å². The zero-order valence-corrected chi connectivity index (χ0v) is 13.0. The molecule has 1 nitrogen and oxygen atoms in total. The fourth-order valence-corrected chi connectivity index (χ4v) is 3.03. The standard InChI is InChI=1S/C12H23N.2C2H6/c1-2-11-6-5-8-12-7-3-4-9-13(12)10-11;2*1-2/h11-12H,2-10H2,1H3;2*1-2H3. The van der Waals surface area contributed by atoms with Crippen molar-refractivity contribution in [3.05, 3.63) is 0 Å². The third-order valence-corrected chi connectivity index (χ3v) is 3.97. The van der Waals surface area contributed by atoms with Gasteiger partial charge in [-0.2, -0.15) is 0 Å². The number of hydrogen-bond donors (Lipinski definition) is 0. The molecule has 2 heterocycles. The maximum atomic E-state index is 2.78. The molecular formula is C16H35N. The maximum Gasteiger partial charge on any atom is 0.00953 e. The van der Waals surface area contributed by atoms with E-state index < -0.39 is 0 Å². The molecule has 2 rings (SSSR count). The first kappa shape index (κ1) is 17.0. The highest BCUT2D eigenvalue weighted by atomic mass is 15.2. The Morgan fingerprint density at radius 3 is 2.18 bits per heavy atom. The van der Waals surface area contributed by atoms with Crippen LogP contribution in [0.3, 0.4) is 0 Å². The Morgan fingerprint density at radius 2 is 1.53 bits per heavy atom. The zero-order chi connectivity index (χ0) is 13.1. The van der Waals surface area contributed by atoms with Crippen molar-refractivity contribution in [3.8, 4) is 0 Å². The van der Waals surface area contributed by atoms with Gasteiger partial charge in [0.15, 0.2) is 0 Å². The van der Waals surface area contributed by atoms with E-state index >= 15 is 0 Å². The molecule has 0 radical (unpaired) electrons. The molecule has 2 aliphatic heterocycles. The zero-order valence-electron chi connectivity index (χ0n) is 13.0. The summed E-state index contributed by atoms with van der Waals surface area (Å²) in [6.07, 6.45) is 10.3. The molecule has 104 valence electrons. The molecule has 0 bridgehead atoms. The van der Waals surface area contributed by atoms with Crippen LogP contribution < -0.4 is 0 Å². The minimum absolute atomic E-state index is 0.963. The number of fused-ring (bicyclic) bond motifs is 1. The molecule has 0 saturated carbocycles. The summed E-state index contributed by atoms with van der Waals surface area (Å²) < 4.78 is 0. The molecule has 0 amide bonds. The number of rotatable bonds is 1. The van der Waals surface area contributed by atoms with Crippen LogP contribution in [-0.4, -0.2) is 24.0 Å². The molecular weight excluding hydrogens is 206 g/mol. The topological polar surface area (TPSA) is 3.24 Å². The predicted octanol–water partition coefficient (Wildman–Crippen LogP) is 5.10. The monoisotopic (exact) mass is 241 g/mol. The molecule has 0 aliphatic carbocycles. The Kier molecular flexibility index (Phi) is 11.0. The molecule has 0 aromatic carbocycles. The van der Waals surface area contributed by atoms with Crippen molar-refractivity contribution in [1.29, 1.82) is 0 Å². The second-order valence-electron chi connectivity index (χ2n) is 4.85. The second kappa shape index (κ2) is 11.1. The summed E-state index contributed by atoms with van der Waals surface area (Å²) in [4.78, 5) is 2.78. The van der Waals surface area contributed by atoms with Crippen LogP contribution in [-0.2, 0) is 0 Å². The highest BCUT2D eigenvalue weighted by molar-refractivity contribution is 4.81. The van der Waals surface area contributed by atoms with Gasteiger partial charge in [0.25, 0.3) is 0 Å². The van der Waals surface area contributed by atoms with E-state index in [1.54, 1.807) is 0 Å². The highest BCUT2D eigenvalue weighted by Crippen LogP contribution is 2.28. The van der Waals surface area contributed by atoms with Crippen LogP contribution in [0, 0.1) is 5.92 Å². The summed E-state index contributed by atoms with van der Waals surface area (Å²) in [5, 5.41) is 0. The summed E-state index contributed by atoms with van der Waals surface area (Å²) >= 11 is 0. The van der Waals surface area contributed by atoms with E-state index in [9.17, 15) is 0 Å². The lowest BCUT2D eigenvalue weighted by molar-refractivity contribution is 0.135. The SMILES string of the molecule is CC.CC.CCC1CCCC2CCCCN2C1. The number of piperidine rings is 1. The van der Waals surface area contributed by atoms with E-state index in [1.165, 1.54) is 58.0 Å². The van der Waals surface area contributed by atoms with Gasteiger partial charge in [-0.05, 0) is 38.1 Å². The minimum Gasteiger partial charge on any atom is -0.300 e. The van der Waals surface area contributed by atoms with Crippen LogP contribution in [0.25, 0.3) is 0 Å². The Balaban J connectivity index is 0.000000581. The van der Waals surface area contributed by atoms with Crippen molar-refractivity contribution in [2.45, 2.75) is 85.6 Å². The van der Waals surface area contributed by atoms with Crippen LogP contribution >= 0.6 is 0 Å². The molecule has 2 atom stereocenters. The maximum absolute atomic E-state index is 2.78. The van der Waals surface area contributed by atoms with Gasteiger partial charge in [0.05, 0.1) is 0 Å². The van der Waals surface area contributed by atoms with E-state index in [4.69, 9.17) is 0 Å². The lowest BCUT2D eigenvalue weighted by atomic mass is 9.99. The highest BCUT2D eigenvalue weighted by Gasteiger charge is 2.26. The second-order valence-corrected chi connectivity index (χ2v) is 4.85. The molecule has 2 fully saturated rings. The molecule has 2 saturated heterocycles. The molecule has 0 spiro atoms. The molecule has 2 aliphatic rings. The van der Waals surface area contributed by atoms with Crippen molar-refractivity contribution in [3.63, 3.8) is 0 Å². The summed E-state index contributed by atoms with van der Waals surface area (Å²) in [5.41, 5.74) is 0. The minimum atomic E-state index is 0.963. The van der Waals surface area contributed by atoms with Gasteiger partial charge in [0.1, 0.15) is 0 Å². The summed E-state index contributed by atoms with van der Waals surface area (Å²) in [7, 11) is 0. The first-order chi connectivity index (χ1) is 8.40. The third-order valence-electron chi connectivity index (χ3n) is 3.97. The van der Waals surface area contributed by atoms with Crippen molar-refractivity contribution in [1.82, 2.24) is 4.90 Å². The van der Waals surface area contributed by atoms with E-state index in [1.807, 2.05) is 27.7 Å². The lowest BCUT2D eigenvalue weighted by Crippen LogP contribution is -2.40. The van der Waals surface area contributed by atoms with Crippen LogP contribution in [0.15, 0.2) is 0 Å². The normalized spacial score (nSPS) is 28.8. The van der Waals surface area contributed by atoms with Gasteiger partial charge in [0, 0.05) is 12.6 Å². The smallest absolute Gasteiger partial charge is 0.00953 e. The van der Waals surface area contributed by atoms with Gasteiger partial charge in [-0.1, -0.05) is 53.9 Å². The average Bonchev–Trinajstić information content (AvgIpc) is 2.65. The molecule has 17 heavy (non-hydrogen) atoms. The van der Waals surface area contributed by atoms with Gasteiger partial charge in [-0.15, -0.1) is 0 Å². The van der Waals surface area contributed by atoms with Gasteiger partial charge in [-0.25, -0.2) is 0 Å². The molecule has 1 heteroatoms. The largest absolute Gasteiger partial charge is 0.300 e. The van der Waals surface area contributed by atoms with Gasteiger partial charge in [-0.3, -0.25) is 0 Å². The number of nitrogens with zero attached hydrogens (tertiary/aromatic N) is 1. The molecule has 0 aromatic rings. The Bertz CT molecular complexity index is 156. The van der Waals surface area contributed by atoms with Crippen molar-refractivity contribution in [2.24, 2.45) is 5.92 Å². The fourth-order valence-electron chi connectivity index (χ4n) is 3.03. The summed E-state index contributed by atoms with van der Waals surface area (Å²) in [6, 6.07) is 0.963. The van der Waals surface area contributed by atoms with Gasteiger partial charge >= 0.3 is 0 Å². The fraction of sp³-hybridized carbons (Fsp3) is 1.00. The van der Waals surface area contributed by atoms with Crippen LogP contribution in [0.4, 0.5) is 0 Å².